The molecular weight excluding hydrogens is 242 g/mol. The molecule has 0 unspecified atom stereocenters. The topological polar surface area (TPSA) is 84.2 Å². The van der Waals surface area contributed by atoms with Crippen LogP contribution in [-0.4, -0.2) is 24.9 Å². The third-order valence-corrected chi connectivity index (χ3v) is 2.92. The Bertz CT molecular complexity index is 472. The van der Waals surface area contributed by atoms with Crippen LogP contribution in [0, 0.1) is 6.92 Å². The first-order valence-corrected chi connectivity index (χ1v) is 6.38. The molecule has 0 fully saturated rings. The van der Waals surface area contributed by atoms with Crippen molar-refractivity contribution in [1.82, 2.24) is 5.32 Å². The molecule has 0 saturated heterocycles. The summed E-state index contributed by atoms with van der Waals surface area (Å²) in [5, 5.41) is 5.32. The fraction of sp³-hybridized carbons (Fsp3) is 0.429. The Labute approximate surface area is 113 Å². The van der Waals surface area contributed by atoms with Crippen molar-refractivity contribution < 1.29 is 9.59 Å². The van der Waals surface area contributed by atoms with Gasteiger partial charge in [-0.3, -0.25) is 9.59 Å². The number of hydrogen-bond donors (Lipinski definition) is 3. The van der Waals surface area contributed by atoms with Crippen LogP contribution in [0.4, 0.5) is 5.69 Å². The number of carbonyl (C=O) groups is 2. The lowest BCUT2D eigenvalue weighted by molar-refractivity contribution is -0.117. The highest BCUT2D eigenvalue weighted by atomic mass is 16.2. The molecule has 1 rings (SSSR count). The van der Waals surface area contributed by atoms with Crippen molar-refractivity contribution in [1.29, 1.82) is 0 Å². The molecule has 0 bridgehead atoms. The average molecular weight is 263 g/mol. The van der Waals surface area contributed by atoms with E-state index in [0.29, 0.717) is 17.7 Å². The smallest absolute Gasteiger partial charge is 0.251 e. The largest absolute Gasteiger partial charge is 0.355 e. The van der Waals surface area contributed by atoms with Crippen molar-refractivity contribution in [3.8, 4) is 0 Å². The van der Waals surface area contributed by atoms with E-state index in [1.807, 2.05) is 13.8 Å². The third-order valence-electron chi connectivity index (χ3n) is 2.92. The van der Waals surface area contributed by atoms with Crippen molar-refractivity contribution in [2.75, 3.05) is 12.4 Å². The summed E-state index contributed by atoms with van der Waals surface area (Å²) in [5.41, 5.74) is 7.78. The van der Waals surface area contributed by atoms with Crippen LogP contribution in [0.2, 0.25) is 0 Å². The lowest BCUT2D eigenvalue weighted by Gasteiger charge is -2.14. The van der Waals surface area contributed by atoms with Crippen molar-refractivity contribution >= 4 is 17.5 Å². The quantitative estimate of drug-likeness (QED) is 0.751. The molecule has 19 heavy (non-hydrogen) atoms. The van der Waals surface area contributed by atoms with Gasteiger partial charge in [0.2, 0.25) is 5.91 Å². The number of carbonyl (C=O) groups excluding carboxylic acids is 2. The van der Waals surface area contributed by atoms with Crippen LogP contribution < -0.4 is 16.4 Å². The van der Waals surface area contributed by atoms with E-state index in [1.54, 1.807) is 25.2 Å². The molecule has 0 heterocycles. The average Bonchev–Trinajstić information content (AvgIpc) is 2.40. The first-order chi connectivity index (χ1) is 8.99. The van der Waals surface area contributed by atoms with E-state index in [1.165, 1.54) is 0 Å². The Kier molecular flexibility index (Phi) is 5.51. The molecule has 104 valence electrons. The van der Waals surface area contributed by atoms with Crippen LogP contribution in [-0.2, 0) is 4.79 Å². The van der Waals surface area contributed by atoms with Gasteiger partial charge in [0.25, 0.3) is 5.91 Å². The van der Waals surface area contributed by atoms with Crippen LogP contribution >= 0.6 is 0 Å². The maximum absolute atomic E-state index is 11.9. The number of hydrogen-bond acceptors (Lipinski definition) is 3. The van der Waals surface area contributed by atoms with Crippen LogP contribution in [0.1, 0.15) is 35.7 Å². The van der Waals surface area contributed by atoms with E-state index in [9.17, 15) is 9.59 Å². The molecule has 0 aliphatic heterocycles. The second-order valence-corrected chi connectivity index (χ2v) is 4.49. The van der Waals surface area contributed by atoms with E-state index < -0.39 is 6.04 Å². The Hall–Kier alpha value is -1.88. The van der Waals surface area contributed by atoms with E-state index in [4.69, 9.17) is 5.73 Å². The number of benzene rings is 1. The minimum absolute atomic E-state index is 0.187. The molecule has 5 heteroatoms. The second kappa shape index (κ2) is 6.89. The summed E-state index contributed by atoms with van der Waals surface area (Å²) in [5.74, 6) is -0.410. The van der Waals surface area contributed by atoms with E-state index >= 15 is 0 Å². The van der Waals surface area contributed by atoms with Gasteiger partial charge in [-0.15, -0.1) is 0 Å². The van der Waals surface area contributed by atoms with Gasteiger partial charge in [-0.05, 0) is 31.0 Å². The number of nitrogens with one attached hydrogen (secondary N) is 2. The predicted molar refractivity (Wildman–Crippen MR) is 76.1 cm³/mol. The zero-order valence-electron chi connectivity index (χ0n) is 11.6. The van der Waals surface area contributed by atoms with E-state index in [2.05, 4.69) is 10.6 Å². The minimum Gasteiger partial charge on any atom is -0.355 e. The molecule has 0 aromatic heterocycles. The Balaban J connectivity index is 2.88. The van der Waals surface area contributed by atoms with Gasteiger partial charge in [-0.2, -0.15) is 0 Å². The minimum atomic E-state index is -0.520. The standard InChI is InChI=1S/C14H21N3O2/c1-4-5-11(15)14(19)17-12-8-10(13(18)16-3)7-6-9(12)2/h6-8,11H,4-5,15H2,1-3H3,(H,16,18)(H,17,19)/t11-/m1/s1. The molecule has 1 atom stereocenters. The molecule has 5 nitrogen and oxygen atoms in total. The molecule has 0 spiro atoms. The summed E-state index contributed by atoms with van der Waals surface area (Å²) in [6, 6.07) is 4.65. The summed E-state index contributed by atoms with van der Waals surface area (Å²) in [6.45, 7) is 3.85. The summed E-state index contributed by atoms with van der Waals surface area (Å²) in [6.07, 6.45) is 1.49. The summed E-state index contributed by atoms with van der Waals surface area (Å²) in [4.78, 5) is 23.4. The zero-order chi connectivity index (χ0) is 14.4. The van der Waals surface area contributed by atoms with Crippen LogP contribution in [0.5, 0.6) is 0 Å². The van der Waals surface area contributed by atoms with Gasteiger partial charge in [0.1, 0.15) is 0 Å². The number of aryl methyl sites for hydroxylation is 1. The third kappa shape index (κ3) is 4.06. The summed E-state index contributed by atoms with van der Waals surface area (Å²) >= 11 is 0. The van der Waals surface area contributed by atoms with Crippen molar-refractivity contribution in [2.24, 2.45) is 5.73 Å². The Morgan fingerprint density at radius 2 is 2.05 bits per heavy atom. The fourth-order valence-electron chi connectivity index (χ4n) is 1.71. The normalized spacial score (nSPS) is 11.8. The monoisotopic (exact) mass is 263 g/mol. The summed E-state index contributed by atoms with van der Waals surface area (Å²) < 4.78 is 0. The Morgan fingerprint density at radius 3 is 2.63 bits per heavy atom. The first-order valence-electron chi connectivity index (χ1n) is 6.38. The van der Waals surface area contributed by atoms with Gasteiger partial charge >= 0.3 is 0 Å². The SMILES string of the molecule is CCC[C@@H](N)C(=O)Nc1cc(C(=O)NC)ccc1C. The molecule has 0 aliphatic rings. The number of amides is 2. The molecule has 0 radical (unpaired) electrons. The predicted octanol–water partition coefficient (Wildman–Crippen LogP) is 1.42. The summed E-state index contributed by atoms with van der Waals surface area (Å²) in [7, 11) is 1.57. The Morgan fingerprint density at radius 1 is 1.37 bits per heavy atom. The highest BCUT2D eigenvalue weighted by Crippen LogP contribution is 2.17. The number of rotatable bonds is 5. The maximum Gasteiger partial charge on any atom is 0.251 e. The van der Waals surface area contributed by atoms with Crippen molar-refractivity contribution in [3.63, 3.8) is 0 Å². The molecule has 0 aliphatic carbocycles. The van der Waals surface area contributed by atoms with Crippen LogP contribution in [0.3, 0.4) is 0 Å². The number of anilines is 1. The lowest BCUT2D eigenvalue weighted by atomic mass is 10.1. The molecular formula is C14H21N3O2. The van der Waals surface area contributed by atoms with Crippen molar-refractivity contribution in [2.45, 2.75) is 32.7 Å². The van der Waals surface area contributed by atoms with E-state index in [-0.39, 0.29) is 11.8 Å². The van der Waals surface area contributed by atoms with Crippen molar-refractivity contribution in [3.05, 3.63) is 29.3 Å². The fourth-order valence-corrected chi connectivity index (χ4v) is 1.71. The highest BCUT2D eigenvalue weighted by molar-refractivity contribution is 5.99. The van der Waals surface area contributed by atoms with Gasteiger partial charge in [-0.25, -0.2) is 0 Å². The van der Waals surface area contributed by atoms with Gasteiger partial charge in [-0.1, -0.05) is 19.4 Å². The van der Waals surface area contributed by atoms with Gasteiger partial charge in [0.15, 0.2) is 0 Å². The maximum atomic E-state index is 11.9. The van der Waals surface area contributed by atoms with Gasteiger partial charge in [0.05, 0.1) is 6.04 Å². The number of nitrogens with two attached hydrogens (primary N) is 1. The van der Waals surface area contributed by atoms with Crippen LogP contribution in [0.15, 0.2) is 18.2 Å². The van der Waals surface area contributed by atoms with Crippen LogP contribution in [0.25, 0.3) is 0 Å². The molecule has 1 aromatic carbocycles. The molecule has 0 saturated carbocycles. The second-order valence-electron chi connectivity index (χ2n) is 4.49. The molecule has 1 aromatic rings. The highest BCUT2D eigenvalue weighted by Gasteiger charge is 2.14. The van der Waals surface area contributed by atoms with Gasteiger partial charge < -0.3 is 16.4 Å². The lowest BCUT2D eigenvalue weighted by Crippen LogP contribution is -2.35. The molecule has 2 amide bonds. The zero-order valence-corrected chi connectivity index (χ0v) is 11.6. The van der Waals surface area contributed by atoms with Gasteiger partial charge in [0, 0.05) is 18.3 Å². The first kappa shape index (κ1) is 15.2. The van der Waals surface area contributed by atoms with E-state index in [0.717, 1.165) is 12.0 Å². The molecule has 4 N–H and O–H groups in total.